The standard InChI is InChI=1S/C16H17F3N2O/c1-10-12(8-16(17,18)19)9-21-15(20)14(10)7-11-3-5-13(22-2)6-4-11/h3-6,9H,7-8H2,1-2H3,(H2,20,21). The lowest BCUT2D eigenvalue weighted by molar-refractivity contribution is -0.127. The Kier molecular flexibility index (Phi) is 4.59. The summed E-state index contributed by atoms with van der Waals surface area (Å²) in [6.45, 7) is 1.65. The molecule has 0 aliphatic rings. The number of rotatable bonds is 4. The molecule has 0 bridgehead atoms. The molecule has 22 heavy (non-hydrogen) atoms. The maximum absolute atomic E-state index is 12.6. The van der Waals surface area contributed by atoms with Gasteiger partial charge in [0, 0.05) is 18.2 Å². The molecule has 2 N–H and O–H groups in total. The predicted octanol–water partition coefficient (Wildman–Crippen LogP) is 3.68. The van der Waals surface area contributed by atoms with Gasteiger partial charge in [-0.1, -0.05) is 12.1 Å². The Morgan fingerprint density at radius 3 is 2.36 bits per heavy atom. The second-order valence-electron chi connectivity index (χ2n) is 5.09. The summed E-state index contributed by atoms with van der Waals surface area (Å²) < 4.78 is 42.9. The highest BCUT2D eigenvalue weighted by atomic mass is 19.4. The summed E-state index contributed by atoms with van der Waals surface area (Å²) in [7, 11) is 1.57. The normalized spacial score (nSPS) is 11.5. The van der Waals surface area contributed by atoms with Crippen LogP contribution in [0.4, 0.5) is 19.0 Å². The fourth-order valence-corrected chi connectivity index (χ4v) is 2.27. The van der Waals surface area contributed by atoms with E-state index in [2.05, 4.69) is 4.98 Å². The molecular weight excluding hydrogens is 293 g/mol. The van der Waals surface area contributed by atoms with Gasteiger partial charge in [0.2, 0.25) is 0 Å². The molecule has 1 heterocycles. The highest BCUT2D eigenvalue weighted by Gasteiger charge is 2.29. The van der Waals surface area contributed by atoms with Crippen molar-refractivity contribution in [3.63, 3.8) is 0 Å². The smallest absolute Gasteiger partial charge is 0.393 e. The van der Waals surface area contributed by atoms with Crippen LogP contribution in [-0.2, 0) is 12.8 Å². The molecule has 0 radical (unpaired) electrons. The van der Waals surface area contributed by atoms with Crippen LogP contribution in [0.25, 0.3) is 0 Å². The Labute approximate surface area is 126 Å². The number of hydrogen-bond donors (Lipinski definition) is 1. The number of nitrogen functional groups attached to an aromatic ring is 1. The van der Waals surface area contributed by atoms with E-state index < -0.39 is 12.6 Å². The van der Waals surface area contributed by atoms with Crippen molar-refractivity contribution in [3.8, 4) is 5.75 Å². The first-order valence-electron chi connectivity index (χ1n) is 6.72. The van der Waals surface area contributed by atoms with Crippen molar-refractivity contribution in [1.29, 1.82) is 0 Å². The van der Waals surface area contributed by atoms with Crippen molar-refractivity contribution in [3.05, 3.63) is 52.7 Å². The van der Waals surface area contributed by atoms with E-state index in [1.807, 2.05) is 12.1 Å². The van der Waals surface area contributed by atoms with Gasteiger partial charge in [-0.3, -0.25) is 0 Å². The van der Waals surface area contributed by atoms with E-state index >= 15 is 0 Å². The van der Waals surface area contributed by atoms with E-state index in [4.69, 9.17) is 10.5 Å². The summed E-state index contributed by atoms with van der Waals surface area (Å²) in [5.41, 5.74) is 8.10. The van der Waals surface area contributed by atoms with Crippen molar-refractivity contribution < 1.29 is 17.9 Å². The molecule has 6 heteroatoms. The summed E-state index contributed by atoms with van der Waals surface area (Å²) in [4.78, 5) is 3.91. The van der Waals surface area contributed by atoms with Crippen molar-refractivity contribution in [2.24, 2.45) is 0 Å². The zero-order chi connectivity index (χ0) is 16.3. The predicted molar refractivity (Wildman–Crippen MR) is 78.9 cm³/mol. The van der Waals surface area contributed by atoms with E-state index in [0.717, 1.165) is 11.3 Å². The molecule has 0 saturated heterocycles. The number of methoxy groups -OCH3 is 1. The lowest BCUT2D eigenvalue weighted by Gasteiger charge is -2.15. The van der Waals surface area contributed by atoms with E-state index in [0.29, 0.717) is 17.5 Å². The second kappa shape index (κ2) is 6.25. The van der Waals surface area contributed by atoms with Crippen molar-refractivity contribution in [2.75, 3.05) is 12.8 Å². The van der Waals surface area contributed by atoms with Gasteiger partial charge in [-0.15, -0.1) is 0 Å². The van der Waals surface area contributed by atoms with Gasteiger partial charge in [0.1, 0.15) is 11.6 Å². The van der Waals surface area contributed by atoms with Gasteiger partial charge in [0.15, 0.2) is 0 Å². The third-order valence-electron chi connectivity index (χ3n) is 3.53. The van der Waals surface area contributed by atoms with Crippen LogP contribution in [0.5, 0.6) is 5.75 Å². The van der Waals surface area contributed by atoms with Crippen molar-refractivity contribution in [1.82, 2.24) is 4.98 Å². The molecule has 3 nitrogen and oxygen atoms in total. The third kappa shape index (κ3) is 3.90. The number of nitrogens with zero attached hydrogens (tertiary/aromatic N) is 1. The number of aromatic nitrogens is 1. The molecule has 0 saturated carbocycles. The minimum absolute atomic E-state index is 0.158. The summed E-state index contributed by atoms with van der Waals surface area (Å²) in [5.74, 6) is 0.983. The average Bonchev–Trinajstić information content (AvgIpc) is 2.46. The van der Waals surface area contributed by atoms with Gasteiger partial charge in [-0.25, -0.2) is 4.98 Å². The van der Waals surface area contributed by atoms with Crippen LogP contribution in [0.3, 0.4) is 0 Å². The first-order chi connectivity index (χ1) is 10.3. The zero-order valence-electron chi connectivity index (χ0n) is 12.4. The van der Waals surface area contributed by atoms with Crippen molar-refractivity contribution in [2.45, 2.75) is 25.9 Å². The Hall–Kier alpha value is -2.24. The quantitative estimate of drug-likeness (QED) is 0.937. The first kappa shape index (κ1) is 16.1. The fourth-order valence-electron chi connectivity index (χ4n) is 2.27. The van der Waals surface area contributed by atoms with Gasteiger partial charge in [0.05, 0.1) is 13.5 Å². The topological polar surface area (TPSA) is 48.1 Å². The van der Waals surface area contributed by atoms with E-state index in [-0.39, 0.29) is 11.4 Å². The lowest BCUT2D eigenvalue weighted by atomic mass is 9.97. The van der Waals surface area contributed by atoms with Gasteiger partial charge in [0.25, 0.3) is 0 Å². The largest absolute Gasteiger partial charge is 0.497 e. The highest BCUT2D eigenvalue weighted by molar-refractivity contribution is 5.50. The van der Waals surface area contributed by atoms with Crippen LogP contribution in [-0.4, -0.2) is 18.3 Å². The van der Waals surface area contributed by atoms with Crippen LogP contribution < -0.4 is 10.5 Å². The lowest BCUT2D eigenvalue weighted by Crippen LogP contribution is -2.14. The molecule has 0 unspecified atom stereocenters. The Balaban J connectivity index is 2.31. The van der Waals surface area contributed by atoms with Crippen LogP contribution in [0.1, 0.15) is 22.3 Å². The van der Waals surface area contributed by atoms with Gasteiger partial charge < -0.3 is 10.5 Å². The molecule has 0 fully saturated rings. The molecule has 0 spiro atoms. The molecule has 0 amide bonds. The number of anilines is 1. The maximum Gasteiger partial charge on any atom is 0.393 e. The van der Waals surface area contributed by atoms with Crippen LogP contribution >= 0.6 is 0 Å². The SMILES string of the molecule is COc1ccc(Cc2c(N)ncc(CC(F)(F)F)c2C)cc1. The van der Waals surface area contributed by atoms with Crippen LogP contribution in [0, 0.1) is 6.92 Å². The number of ether oxygens (including phenoxy) is 1. The summed E-state index contributed by atoms with van der Waals surface area (Å²) in [6.07, 6.45) is -3.63. The molecule has 0 aliphatic heterocycles. The van der Waals surface area contributed by atoms with Crippen molar-refractivity contribution >= 4 is 5.82 Å². The second-order valence-corrected chi connectivity index (χ2v) is 5.09. The Bertz CT molecular complexity index is 652. The average molecular weight is 310 g/mol. The molecule has 2 rings (SSSR count). The molecule has 1 aromatic carbocycles. The molecule has 2 aromatic rings. The fraction of sp³-hybridized carbons (Fsp3) is 0.312. The number of alkyl halides is 3. The highest BCUT2D eigenvalue weighted by Crippen LogP contribution is 2.27. The monoisotopic (exact) mass is 310 g/mol. The molecular formula is C16H17F3N2O. The number of halogens is 3. The number of benzene rings is 1. The number of pyridine rings is 1. The minimum atomic E-state index is -4.26. The third-order valence-corrected chi connectivity index (χ3v) is 3.53. The number of hydrogen-bond acceptors (Lipinski definition) is 3. The minimum Gasteiger partial charge on any atom is -0.497 e. The maximum atomic E-state index is 12.6. The summed E-state index contributed by atoms with van der Waals surface area (Å²) in [5, 5.41) is 0. The number of nitrogens with two attached hydrogens (primary N) is 1. The van der Waals surface area contributed by atoms with Crippen LogP contribution in [0.2, 0.25) is 0 Å². The van der Waals surface area contributed by atoms with E-state index in [1.54, 1.807) is 26.2 Å². The Morgan fingerprint density at radius 2 is 1.82 bits per heavy atom. The Morgan fingerprint density at radius 1 is 1.18 bits per heavy atom. The van der Waals surface area contributed by atoms with Gasteiger partial charge >= 0.3 is 6.18 Å². The molecule has 0 aliphatic carbocycles. The van der Waals surface area contributed by atoms with Gasteiger partial charge in [-0.2, -0.15) is 13.2 Å². The summed E-state index contributed by atoms with van der Waals surface area (Å²) in [6, 6.07) is 7.31. The van der Waals surface area contributed by atoms with E-state index in [9.17, 15) is 13.2 Å². The molecule has 1 aromatic heterocycles. The van der Waals surface area contributed by atoms with Crippen LogP contribution in [0.15, 0.2) is 30.5 Å². The first-order valence-corrected chi connectivity index (χ1v) is 6.72. The molecule has 0 atom stereocenters. The summed E-state index contributed by atoms with van der Waals surface area (Å²) >= 11 is 0. The van der Waals surface area contributed by atoms with E-state index in [1.165, 1.54) is 6.20 Å². The van der Waals surface area contributed by atoms with Gasteiger partial charge in [-0.05, 0) is 35.7 Å². The molecule has 118 valence electrons. The zero-order valence-corrected chi connectivity index (χ0v) is 12.4.